The van der Waals surface area contributed by atoms with Gasteiger partial charge < -0.3 is 15.4 Å². The van der Waals surface area contributed by atoms with Crippen LogP contribution in [-0.2, 0) is 9.59 Å². The highest BCUT2D eigenvalue weighted by atomic mass is 16.5. The van der Waals surface area contributed by atoms with E-state index in [4.69, 9.17) is 4.74 Å². The molecule has 1 aliphatic carbocycles. The number of ether oxygens (including phenoxy) is 1. The van der Waals surface area contributed by atoms with Gasteiger partial charge in [0.05, 0.1) is 19.6 Å². The van der Waals surface area contributed by atoms with Crippen LogP contribution in [0.5, 0.6) is 5.75 Å². The van der Waals surface area contributed by atoms with Crippen LogP contribution in [-0.4, -0.2) is 25.0 Å². The van der Waals surface area contributed by atoms with Crippen molar-refractivity contribution < 1.29 is 14.3 Å². The first-order valence-corrected chi connectivity index (χ1v) is 8.79. The fraction of sp³-hybridized carbons (Fsp3) is 0.579. The van der Waals surface area contributed by atoms with Crippen molar-refractivity contribution in [3.05, 3.63) is 29.8 Å². The number of hydrogen-bond acceptors (Lipinski definition) is 3. The molecule has 132 valence electrons. The van der Waals surface area contributed by atoms with Crippen LogP contribution in [0.25, 0.3) is 0 Å². The number of benzene rings is 1. The van der Waals surface area contributed by atoms with Crippen LogP contribution < -0.4 is 15.4 Å². The summed E-state index contributed by atoms with van der Waals surface area (Å²) in [5, 5.41) is 6.01. The number of amides is 2. The third-order valence-electron chi connectivity index (χ3n) is 4.51. The van der Waals surface area contributed by atoms with E-state index >= 15 is 0 Å². The highest BCUT2D eigenvalue weighted by Crippen LogP contribution is 2.22. The van der Waals surface area contributed by atoms with E-state index in [9.17, 15) is 9.59 Å². The maximum absolute atomic E-state index is 12.4. The molecule has 1 atom stereocenters. The Balaban J connectivity index is 1.98. The van der Waals surface area contributed by atoms with Crippen LogP contribution in [0.4, 0.5) is 0 Å². The van der Waals surface area contributed by atoms with Gasteiger partial charge in [-0.05, 0) is 30.5 Å². The van der Waals surface area contributed by atoms with Crippen molar-refractivity contribution in [1.82, 2.24) is 10.6 Å². The molecule has 0 heterocycles. The van der Waals surface area contributed by atoms with Crippen LogP contribution in [0.3, 0.4) is 0 Å². The molecule has 24 heavy (non-hydrogen) atoms. The number of carbonyl (C=O) groups is 2. The topological polar surface area (TPSA) is 67.4 Å². The first kappa shape index (κ1) is 18.3. The van der Waals surface area contributed by atoms with Gasteiger partial charge in [-0.2, -0.15) is 0 Å². The van der Waals surface area contributed by atoms with Gasteiger partial charge in [0, 0.05) is 13.0 Å². The van der Waals surface area contributed by atoms with E-state index < -0.39 is 0 Å². The van der Waals surface area contributed by atoms with E-state index in [0.29, 0.717) is 0 Å². The minimum absolute atomic E-state index is 0.00327. The van der Waals surface area contributed by atoms with E-state index in [-0.39, 0.29) is 30.3 Å². The minimum Gasteiger partial charge on any atom is -0.497 e. The third kappa shape index (κ3) is 5.87. The summed E-state index contributed by atoms with van der Waals surface area (Å²) in [6.07, 6.45) is 7.23. The van der Waals surface area contributed by atoms with Crippen LogP contribution in [0, 0.1) is 0 Å². The molecule has 1 saturated carbocycles. The maximum Gasteiger partial charge on any atom is 0.222 e. The molecule has 2 N–H and O–H groups in total. The molecule has 5 nitrogen and oxygen atoms in total. The van der Waals surface area contributed by atoms with E-state index in [1.54, 1.807) is 7.11 Å². The number of rotatable bonds is 6. The van der Waals surface area contributed by atoms with Crippen molar-refractivity contribution in [2.24, 2.45) is 0 Å². The zero-order chi connectivity index (χ0) is 17.4. The Hall–Kier alpha value is -2.04. The van der Waals surface area contributed by atoms with Gasteiger partial charge in [-0.1, -0.05) is 37.8 Å². The van der Waals surface area contributed by atoms with Gasteiger partial charge in [-0.15, -0.1) is 0 Å². The number of hydrogen-bond donors (Lipinski definition) is 2. The van der Waals surface area contributed by atoms with Gasteiger partial charge in [0.25, 0.3) is 0 Å². The quantitative estimate of drug-likeness (QED) is 0.787. The molecule has 0 aromatic heterocycles. The highest BCUT2D eigenvalue weighted by molar-refractivity contribution is 5.79. The van der Waals surface area contributed by atoms with Crippen LogP contribution in [0.2, 0.25) is 0 Å². The molecular formula is C19H28N2O3. The Labute approximate surface area is 144 Å². The van der Waals surface area contributed by atoms with Gasteiger partial charge in [0.15, 0.2) is 0 Å². The Morgan fingerprint density at radius 1 is 1.12 bits per heavy atom. The molecule has 2 amide bonds. The fourth-order valence-corrected chi connectivity index (χ4v) is 3.23. The monoisotopic (exact) mass is 332 g/mol. The largest absolute Gasteiger partial charge is 0.497 e. The van der Waals surface area contributed by atoms with Gasteiger partial charge in [-0.25, -0.2) is 0 Å². The lowest BCUT2D eigenvalue weighted by atomic mass is 10.0. The van der Waals surface area contributed by atoms with Crippen molar-refractivity contribution in [1.29, 1.82) is 0 Å². The Morgan fingerprint density at radius 2 is 1.75 bits per heavy atom. The summed E-state index contributed by atoms with van der Waals surface area (Å²) in [7, 11) is 1.61. The molecule has 0 saturated heterocycles. The highest BCUT2D eigenvalue weighted by Gasteiger charge is 2.20. The molecule has 1 aliphatic rings. The van der Waals surface area contributed by atoms with E-state index in [1.165, 1.54) is 32.6 Å². The number of nitrogens with one attached hydrogen (secondary N) is 2. The van der Waals surface area contributed by atoms with Gasteiger partial charge in [-0.3, -0.25) is 9.59 Å². The summed E-state index contributed by atoms with van der Waals surface area (Å²) in [5.74, 6) is 0.609. The average molecular weight is 332 g/mol. The average Bonchev–Trinajstić information content (AvgIpc) is 2.82. The van der Waals surface area contributed by atoms with Crippen LogP contribution in [0.1, 0.15) is 63.5 Å². The van der Waals surface area contributed by atoms with Crippen molar-refractivity contribution in [2.75, 3.05) is 7.11 Å². The van der Waals surface area contributed by atoms with Crippen molar-refractivity contribution >= 4 is 11.8 Å². The van der Waals surface area contributed by atoms with Crippen LogP contribution in [0.15, 0.2) is 24.3 Å². The molecular weight excluding hydrogens is 304 g/mol. The molecule has 0 bridgehead atoms. The van der Waals surface area contributed by atoms with Gasteiger partial charge >= 0.3 is 0 Å². The van der Waals surface area contributed by atoms with E-state index in [2.05, 4.69) is 10.6 Å². The molecule has 0 radical (unpaired) electrons. The molecule has 0 aliphatic heterocycles. The zero-order valence-corrected chi connectivity index (χ0v) is 14.6. The van der Waals surface area contributed by atoms with Gasteiger partial charge in [0.2, 0.25) is 11.8 Å². The number of carbonyl (C=O) groups excluding carboxylic acids is 2. The molecule has 5 heteroatoms. The summed E-state index contributed by atoms with van der Waals surface area (Å²) >= 11 is 0. The second-order valence-corrected chi connectivity index (χ2v) is 6.49. The molecule has 1 aromatic rings. The fourth-order valence-electron chi connectivity index (χ4n) is 3.23. The molecule has 1 aromatic carbocycles. The van der Waals surface area contributed by atoms with Crippen molar-refractivity contribution in [3.63, 3.8) is 0 Å². The molecule has 1 fully saturated rings. The molecule has 1 unspecified atom stereocenters. The van der Waals surface area contributed by atoms with E-state index in [1.807, 2.05) is 24.3 Å². The smallest absolute Gasteiger partial charge is 0.222 e. The minimum atomic E-state index is -0.320. The normalized spacial score (nSPS) is 16.8. The van der Waals surface area contributed by atoms with Crippen molar-refractivity contribution in [3.8, 4) is 5.75 Å². The Morgan fingerprint density at radius 3 is 2.29 bits per heavy atom. The van der Waals surface area contributed by atoms with Crippen LogP contribution >= 0.6 is 0 Å². The predicted octanol–water partition coefficient (Wildman–Crippen LogP) is 3.10. The van der Waals surface area contributed by atoms with Crippen molar-refractivity contribution in [2.45, 2.75) is 64.0 Å². The lowest BCUT2D eigenvalue weighted by molar-refractivity contribution is -0.123. The second kappa shape index (κ2) is 9.30. The Bertz CT molecular complexity index is 534. The molecule has 2 rings (SSSR count). The number of methoxy groups -OCH3 is 1. The standard InChI is InChI=1S/C19H28N2O3/c1-14(22)20-18(15-9-11-17(24-2)12-10-15)13-19(23)21-16-7-5-3-4-6-8-16/h9-12,16,18H,3-8,13H2,1-2H3,(H,20,22)(H,21,23). The first-order valence-electron chi connectivity index (χ1n) is 8.79. The summed E-state index contributed by atoms with van der Waals surface area (Å²) in [6, 6.07) is 7.41. The second-order valence-electron chi connectivity index (χ2n) is 6.49. The SMILES string of the molecule is COc1ccc(C(CC(=O)NC2CCCCCC2)NC(C)=O)cc1. The lowest BCUT2D eigenvalue weighted by Gasteiger charge is -2.21. The predicted molar refractivity (Wildman–Crippen MR) is 93.8 cm³/mol. The third-order valence-corrected chi connectivity index (χ3v) is 4.51. The maximum atomic E-state index is 12.4. The summed E-state index contributed by atoms with van der Waals surface area (Å²) in [4.78, 5) is 23.9. The lowest BCUT2D eigenvalue weighted by Crippen LogP contribution is -2.37. The van der Waals surface area contributed by atoms with Gasteiger partial charge in [0.1, 0.15) is 5.75 Å². The summed E-state index contributed by atoms with van der Waals surface area (Å²) in [6.45, 7) is 1.47. The first-order chi connectivity index (χ1) is 11.6. The van der Waals surface area contributed by atoms with E-state index in [0.717, 1.165) is 24.2 Å². The summed E-state index contributed by atoms with van der Waals surface area (Å²) < 4.78 is 5.16. The zero-order valence-electron chi connectivity index (χ0n) is 14.6. The Kier molecular flexibility index (Phi) is 7.09. The summed E-state index contributed by atoms with van der Waals surface area (Å²) in [5.41, 5.74) is 0.905. The molecule has 0 spiro atoms.